The monoisotopic (exact) mass is 271 g/mol. The normalized spacial score (nSPS) is 16.8. The van der Waals surface area contributed by atoms with Crippen LogP contribution in [-0.4, -0.2) is 24.3 Å². The second kappa shape index (κ2) is 5.67. The van der Waals surface area contributed by atoms with Gasteiger partial charge < -0.3 is 15.2 Å². The fourth-order valence-corrected chi connectivity index (χ4v) is 2.35. The van der Waals surface area contributed by atoms with Gasteiger partial charge in [0.2, 0.25) is 0 Å². The maximum Gasteiger partial charge on any atom is 0.131 e. The summed E-state index contributed by atoms with van der Waals surface area (Å²) < 4.78 is 11.2. The summed E-state index contributed by atoms with van der Waals surface area (Å²) in [7, 11) is 0. The molecule has 0 spiro atoms. The fourth-order valence-electron chi connectivity index (χ4n) is 1.82. The molecule has 0 bridgehead atoms. The molecule has 0 saturated carbocycles. The quantitative estimate of drug-likeness (QED) is 0.858. The van der Waals surface area contributed by atoms with E-state index < -0.39 is 0 Å². The zero-order valence-electron chi connectivity index (χ0n) is 9.32. The molecular weight excluding hydrogens is 258 g/mol. The van der Waals surface area contributed by atoms with Crippen molar-refractivity contribution in [2.45, 2.75) is 18.9 Å². The van der Waals surface area contributed by atoms with Crippen molar-refractivity contribution in [3.63, 3.8) is 0 Å². The predicted molar refractivity (Wildman–Crippen MR) is 71.8 cm³/mol. The minimum atomic E-state index is 0.148. The van der Waals surface area contributed by atoms with E-state index in [1.54, 1.807) is 6.07 Å². The van der Waals surface area contributed by atoms with Crippen molar-refractivity contribution in [3.05, 3.63) is 28.8 Å². The Hall–Kier alpha value is -0.840. The minimum absolute atomic E-state index is 0.148. The highest BCUT2D eigenvalue weighted by molar-refractivity contribution is 7.80. The van der Waals surface area contributed by atoms with Gasteiger partial charge in [0.15, 0.2) is 0 Å². The molecule has 0 amide bonds. The van der Waals surface area contributed by atoms with Gasteiger partial charge in [-0.3, -0.25) is 0 Å². The molecule has 1 heterocycles. The van der Waals surface area contributed by atoms with E-state index in [2.05, 4.69) is 0 Å². The molecule has 0 radical (unpaired) electrons. The van der Waals surface area contributed by atoms with Crippen LogP contribution in [0.15, 0.2) is 18.2 Å². The highest BCUT2D eigenvalue weighted by Gasteiger charge is 2.18. The van der Waals surface area contributed by atoms with Gasteiger partial charge in [-0.25, -0.2) is 0 Å². The second-order valence-corrected chi connectivity index (χ2v) is 4.75. The average Bonchev–Trinajstić information content (AvgIpc) is 2.30. The molecule has 0 aliphatic carbocycles. The summed E-state index contributed by atoms with van der Waals surface area (Å²) in [5.41, 5.74) is 6.28. The molecule has 3 nitrogen and oxygen atoms in total. The van der Waals surface area contributed by atoms with Crippen LogP contribution < -0.4 is 10.5 Å². The lowest BCUT2D eigenvalue weighted by Crippen LogP contribution is -2.27. The number of halogens is 1. The first kappa shape index (κ1) is 12.6. The number of hydrogen-bond donors (Lipinski definition) is 1. The summed E-state index contributed by atoms with van der Waals surface area (Å²) in [5, 5.41) is 0.530. The van der Waals surface area contributed by atoms with Crippen LogP contribution in [0.5, 0.6) is 5.75 Å². The van der Waals surface area contributed by atoms with E-state index in [4.69, 9.17) is 39.0 Å². The van der Waals surface area contributed by atoms with Gasteiger partial charge in [0.05, 0.1) is 23.8 Å². The molecule has 1 aliphatic rings. The van der Waals surface area contributed by atoms with Crippen molar-refractivity contribution in [1.82, 2.24) is 0 Å². The molecule has 1 aromatic carbocycles. The van der Waals surface area contributed by atoms with Gasteiger partial charge in [-0.1, -0.05) is 29.9 Å². The fraction of sp³-hybridized carbons (Fsp3) is 0.417. The van der Waals surface area contributed by atoms with Crippen LogP contribution in [0, 0.1) is 0 Å². The first-order chi connectivity index (χ1) is 8.18. The van der Waals surface area contributed by atoms with Gasteiger partial charge in [0.25, 0.3) is 0 Å². The number of thiocarbonyl (C=S) groups is 1. The Balaban J connectivity index is 2.19. The summed E-state index contributed by atoms with van der Waals surface area (Å²) >= 11 is 11.1. The summed E-state index contributed by atoms with van der Waals surface area (Å²) in [6.07, 6.45) is 1.90. The average molecular weight is 272 g/mol. The third-order valence-corrected chi connectivity index (χ3v) is 3.20. The number of rotatable bonds is 3. The van der Waals surface area contributed by atoms with E-state index in [0.717, 1.165) is 26.1 Å². The van der Waals surface area contributed by atoms with E-state index in [-0.39, 0.29) is 11.1 Å². The van der Waals surface area contributed by atoms with Crippen molar-refractivity contribution >= 4 is 28.8 Å². The Bertz CT molecular complexity index is 419. The standard InChI is InChI=1S/C12H14ClNO2S/c13-9-2-1-3-10(11(9)12(14)17)16-8-4-6-15-7-5-8/h1-3,8H,4-7H2,(H2,14,17). The lowest BCUT2D eigenvalue weighted by atomic mass is 10.1. The van der Waals surface area contributed by atoms with E-state index in [1.165, 1.54) is 0 Å². The van der Waals surface area contributed by atoms with E-state index in [0.29, 0.717) is 16.3 Å². The van der Waals surface area contributed by atoms with Crippen LogP contribution >= 0.6 is 23.8 Å². The van der Waals surface area contributed by atoms with E-state index >= 15 is 0 Å². The van der Waals surface area contributed by atoms with Crippen molar-refractivity contribution in [2.75, 3.05) is 13.2 Å². The van der Waals surface area contributed by atoms with Gasteiger partial charge in [-0.2, -0.15) is 0 Å². The Morgan fingerprint density at radius 3 is 2.76 bits per heavy atom. The van der Waals surface area contributed by atoms with Gasteiger partial charge in [0, 0.05) is 12.8 Å². The van der Waals surface area contributed by atoms with Gasteiger partial charge in [-0.05, 0) is 12.1 Å². The SMILES string of the molecule is NC(=S)c1c(Cl)cccc1OC1CCOCC1. The van der Waals surface area contributed by atoms with Crippen molar-refractivity contribution in [1.29, 1.82) is 0 Å². The van der Waals surface area contributed by atoms with E-state index in [1.807, 2.05) is 12.1 Å². The maximum absolute atomic E-state index is 6.07. The van der Waals surface area contributed by atoms with Crippen LogP contribution in [0.1, 0.15) is 18.4 Å². The van der Waals surface area contributed by atoms with Crippen molar-refractivity contribution < 1.29 is 9.47 Å². The van der Waals surface area contributed by atoms with Crippen molar-refractivity contribution in [3.8, 4) is 5.75 Å². The molecule has 17 heavy (non-hydrogen) atoms. The van der Waals surface area contributed by atoms with Gasteiger partial charge in [-0.15, -0.1) is 0 Å². The summed E-state index contributed by atoms with van der Waals surface area (Å²) in [6, 6.07) is 5.43. The molecule has 1 saturated heterocycles. The summed E-state index contributed by atoms with van der Waals surface area (Å²) in [6.45, 7) is 1.46. The topological polar surface area (TPSA) is 44.5 Å². The number of nitrogens with two attached hydrogens (primary N) is 1. The summed E-state index contributed by atoms with van der Waals surface area (Å²) in [4.78, 5) is 0.262. The van der Waals surface area contributed by atoms with Crippen LogP contribution in [0.3, 0.4) is 0 Å². The molecule has 0 atom stereocenters. The minimum Gasteiger partial charge on any atom is -0.489 e. The zero-order valence-corrected chi connectivity index (χ0v) is 10.9. The third-order valence-electron chi connectivity index (χ3n) is 2.68. The highest BCUT2D eigenvalue weighted by Crippen LogP contribution is 2.28. The van der Waals surface area contributed by atoms with Crippen LogP contribution in [0.2, 0.25) is 5.02 Å². The van der Waals surface area contributed by atoms with Crippen LogP contribution in [0.4, 0.5) is 0 Å². The smallest absolute Gasteiger partial charge is 0.131 e. The molecular formula is C12H14ClNO2S. The van der Waals surface area contributed by atoms with Crippen molar-refractivity contribution in [2.24, 2.45) is 5.73 Å². The predicted octanol–water partition coefficient (Wildman–Crippen LogP) is 2.53. The highest BCUT2D eigenvalue weighted by atomic mass is 35.5. The Morgan fingerprint density at radius 2 is 2.12 bits per heavy atom. The lowest BCUT2D eigenvalue weighted by molar-refractivity contribution is 0.0255. The molecule has 92 valence electrons. The first-order valence-electron chi connectivity index (χ1n) is 5.51. The van der Waals surface area contributed by atoms with Gasteiger partial charge >= 0.3 is 0 Å². The largest absolute Gasteiger partial charge is 0.489 e. The van der Waals surface area contributed by atoms with Crippen LogP contribution in [0.25, 0.3) is 0 Å². The molecule has 1 aliphatic heterocycles. The van der Waals surface area contributed by atoms with Gasteiger partial charge in [0.1, 0.15) is 16.8 Å². The number of ether oxygens (including phenoxy) is 2. The maximum atomic E-state index is 6.07. The molecule has 2 N–H and O–H groups in total. The Morgan fingerprint density at radius 1 is 1.41 bits per heavy atom. The third kappa shape index (κ3) is 3.09. The van der Waals surface area contributed by atoms with Crippen LogP contribution in [-0.2, 0) is 4.74 Å². The molecule has 0 aromatic heterocycles. The number of benzene rings is 1. The zero-order chi connectivity index (χ0) is 12.3. The molecule has 2 rings (SSSR count). The molecule has 1 aromatic rings. The molecule has 0 unspecified atom stereocenters. The molecule has 1 fully saturated rings. The summed E-state index contributed by atoms with van der Waals surface area (Å²) in [5.74, 6) is 0.664. The number of hydrogen-bond acceptors (Lipinski definition) is 3. The lowest BCUT2D eigenvalue weighted by Gasteiger charge is -2.24. The first-order valence-corrected chi connectivity index (χ1v) is 6.30. The Labute approximate surface area is 111 Å². The van der Waals surface area contributed by atoms with E-state index in [9.17, 15) is 0 Å². The molecule has 5 heteroatoms. The second-order valence-electron chi connectivity index (χ2n) is 3.91. The Kier molecular flexibility index (Phi) is 4.20.